The summed E-state index contributed by atoms with van der Waals surface area (Å²) in [4.78, 5) is 1.06. The van der Waals surface area contributed by atoms with E-state index < -0.39 is 9.39 Å². The predicted molar refractivity (Wildman–Crippen MR) is 60.1 cm³/mol. The molecule has 0 radical (unpaired) electrons. The van der Waals surface area contributed by atoms with Gasteiger partial charge in [-0.05, 0) is 24.1 Å². The Labute approximate surface area is 74.8 Å². The molecule has 0 saturated carbocycles. The molecule has 0 unspecified atom stereocenters. The highest BCUT2D eigenvalue weighted by Gasteiger charge is 1.94. The fourth-order valence-corrected chi connectivity index (χ4v) is 1.67. The minimum absolute atomic E-state index is 1.06. The summed E-state index contributed by atoms with van der Waals surface area (Å²) < 4.78 is 0. The van der Waals surface area contributed by atoms with E-state index >= 15 is 0 Å². The van der Waals surface area contributed by atoms with Crippen molar-refractivity contribution in [2.45, 2.75) is 18.2 Å². The number of hydrogen-bond acceptors (Lipinski definition) is 1. The molecule has 0 spiro atoms. The van der Waals surface area contributed by atoms with Crippen molar-refractivity contribution < 1.29 is 0 Å². The standard InChI is InChI=1S/C10H15NS/c1-4-9-5-7-10(8-6-9)12(2,3)11/h5-8H,2-4,11H2,1H3. The van der Waals surface area contributed by atoms with Crippen LogP contribution in [0.2, 0.25) is 0 Å². The average molecular weight is 181 g/mol. The minimum Gasteiger partial charge on any atom is -0.285 e. The predicted octanol–water partition coefficient (Wildman–Crippen LogP) is 2.15. The molecule has 0 bridgehead atoms. The van der Waals surface area contributed by atoms with Gasteiger partial charge >= 0.3 is 0 Å². The van der Waals surface area contributed by atoms with E-state index in [0.717, 1.165) is 11.3 Å². The first-order valence-electron chi connectivity index (χ1n) is 3.90. The molecule has 0 fully saturated rings. The van der Waals surface area contributed by atoms with Crippen LogP contribution >= 0.6 is 9.39 Å². The Morgan fingerprint density at radius 1 is 1.25 bits per heavy atom. The molecular formula is C10H15NS. The number of rotatable bonds is 2. The van der Waals surface area contributed by atoms with Gasteiger partial charge in [-0.3, -0.25) is 5.14 Å². The lowest BCUT2D eigenvalue weighted by Gasteiger charge is -2.08. The third kappa shape index (κ3) is 2.13. The smallest absolute Gasteiger partial charge is 0.00844 e. The van der Waals surface area contributed by atoms with Crippen LogP contribution in [-0.2, 0) is 6.42 Å². The molecule has 0 heterocycles. The molecule has 1 rings (SSSR count). The fourth-order valence-electron chi connectivity index (χ4n) is 0.996. The Morgan fingerprint density at radius 2 is 1.75 bits per heavy atom. The SMILES string of the molecule is C=S(=C)(N)c1ccc(CC)cc1. The van der Waals surface area contributed by atoms with Gasteiger partial charge in [-0.25, -0.2) is 0 Å². The summed E-state index contributed by atoms with van der Waals surface area (Å²) in [5.74, 6) is 7.69. The zero-order chi connectivity index (χ0) is 9.19. The summed E-state index contributed by atoms with van der Waals surface area (Å²) in [7, 11) is -1.53. The Hall–Kier alpha value is -0.730. The highest BCUT2D eigenvalue weighted by molar-refractivity contribution is 8.26. The van der Waals surface area contributed by atoms with E-state index in [1.807, 2.05) is 12.1 Å². The van der Waals surface area contributed by atoms with Crippen molar-refractivity contribution in [3.8, 4) is 0 Å². The molecular weight excluding hydrogens is 166 g/mol. The molecule has 1 aromatic rings. The summed E-state index contributed by atoms with van der Waals surface area (Å²) in [6.45, 7) is 2.13. The van der Waals surface area contributed by atoms with Crippen LogP contribution in [0.1, 0.15) is 12.5 Å². The maximum absolute atomic E-state index is 5.81. The van der Waals surface area contributed by atoms with E-state index in [2.05, 4.69) is 30.8 Å². The maximum Gasteiger partial charge on any atom is 0.00844 e. The largest absolute Gasteiger partial charge is 0.285 e. The van der Waals surface area contributed by atoms with Crippen molar-refractivity contribution in [2.75, 3.05) is 0 Å². The molecule has 66 valence electrons. The molecule has 0 atom stereocenters. The van der Waals surface area contributed by atoms with E-state index in [1.165, 1.54) is 5.56 Å². The molecule has 0 aromatic heterocycles. The van der Waals surface area contributed by atoms with Gasteiger partial charge in [-0.2, -0.15) is 0 Å². The van der Waals surface area contributed by atoms with E-state index in [-0.39, 0.29) is 0 Å². The molecule has 2 N–H and O–H groups in total. The second-order valence-corrected chi connectivity index (χ2v) is 5.30. The molecule has 0 aliphatic rings. The average Bonchev–Trinajstić information content (AvgIpc) is 2.03. The van der Waals surface area contributed by atoms with Crippen LogP contribution in [-0.4, -0.2) is 11.7 Å². The summed E-state index contributed by atoms with van der Waals surface area (Å²) in [6.07, 6.45) is 1.06. The van der Waals surface area contributed by atoms with Gasteiger partial charge in [0.25, 0.3) is 0 Å². The first-order valence-corrected chi connectivity index (χ1v) is 5.93. The van der Waals surface area contributed by atoms with Crippen LogP contribution in [0.4, 0.5) is 0 Å². The molecule has 1 nitrogen and oxygen atoms in total. The van der Waals surface area contributed by atoms with Gasteiger partial charge in [0.05, 0.1) is 0 Å². The highest BCUT2D eigenvalue weighted by atomic mass is 32.2. The normalized spacial score (nSPS) is 11.5. The third-order valence-corrected chi connectivity index (χ3v) is 3.01. The lowest BCUT2D eigenvalue weighted by Crippen LogP contribution is -1.92. The van der Waals surface area contributed by atoms with Crippen molar-refractivity contribution in [3.05, 3.63) is 29.8 Å². The van der Waals surface area contributed by atoms with Crippen LogP contribution in [0, 0.1) is 0 Å². The molecule has 0 saturated heterocycles. The van der Waals surface area contributed by atoms with E-state index in [9.17, 15) is 0 Å². The van der Waals surface area contributed by atoms with Crippen molar-refractivity contribution >= 4 is 21.1 Å². The fraction of sp³-hybridized carbons (Fsp3) is 0.200. The van der Waals surface area contributed by atoms with Crippen LogP contribution in [0.25, 0.3) is 0 Å². The number of benzene rings is 1. The van der Waals surface area contributed by atoms with Gasteiger partial charge < -0.3 is 0 Å². The van der Waals surface area contributed by atoms with Crippen molar-refractivity contribution in [1.29, 1.82) is 0 Å². The van der Waals surface area contributed by atoms with Crippen LogP contribution < -0.4 is 5.14 Å². The summed E-state index contributed by atoms with van der Waals surface area (Å²) in [5.41, 5.74) is 1.32. The van der Waals surface area contributed by atoms with Crippen molar-refractivity contribution in [3.63, 3.8) is 0 Å². The lowest BCUT2D eigenvalue weighted by atomic mass is 10.2. The number of hydrogen-bond donors (Lipinski definition) is 1. The van der Waals surface area contributed by atoms with Crippen LogP contribution in [0.3, 0.4) is 0 Å². The topological polar surface area (TPSA) is 26.0 Å². The summed E-state index contributed by atoms with van der Waals surface area (Å²) >= 11 is 0. The lowest BCUT2D eigenvalue weighted by molar-refractivity contribution is 1.13. The Kier molecular flexibility index (Phi) is 2.60. The highest BCUT2D eigenvalue weighted by Crippen LogP contribution is 2.23. The van der Waals surface area contributed by atoms with Gasteiger partial charge in [-0.1, -0.05) is 30.8 Å². The molecule has 0 aliphatic carbocycles. The van der Waals surface area contributed by atoms with Gasteiger partial charge in [-0.15, -0.1) is 9.39 Å². The zero-order valence-corrected chi connectivity index (χ0v) is 8.23. The van der Waals surface area contributed by atoms with Gasteiger partial charge in [0.2, 0.25) is 0 Å². The molecule has 2 heteroatoms. The minimum atomic E-state index is -1.53. The first kappa shape index (κ1) is 9.36. The maximum atomic E-state index is 5.81. The second kappa shape index (κ2) is 3.33. The van der Waals surface area contributed by atoms with Crippen LogP contribution in [0.15, 0.2) is 29.2 Å². The number of nitrogens with two attached hydrogens (primary N) is 1. The van der Waals surface area contributed by atoms with E-state index in [4.69, 9.17) is 5.14 Å². The van der Waals surface area contributed by atoms with Crippen LogP contribution in [0.5, 0.6) is 0 Å². The van der Waals surface area contributed by atoms with Crippen molar-refractivity contribution in [1.82, 2.24) is 0 Å². The second-order valence-electron chi connectivity index (χ2n) is 2.94. The van der Waals surface area contributed by atoms with Gasteiger partial charge in [0.1, 0.15) is 0 Å². The number of aryl methyl sites for hydroxylation is 1. The van der Waals surface area contributed by atoms with Gasteiger partial charge in [0, 0.05) is 4.90 Å². The molecule has 0 amide bonds. The quantitative estimate of drug-likeness (QED) is 0.695. The molecule has 0 aliphatic heterocycles. The van der Waals surface area contributed by atoms with Gasteiger partial charge in [0.15, 0.2) is 0 Å². The Balaban J connectivity index is 3.09. The monoisotopic (exact) mass is 181 g/mol. The van der Waals surface area contributed by atoms with E-state index in [0.29, 0.717) is 0 Å². The first-order chi connectivity index (χ1) is 5.54. The summed E-state index contributed by atoms with van der Waals surface area (Å²) in [5, 5.41) is 5.81. The molecule has 12 heavy (non-hydrogen) atoms. The Bertz CT molecular complexity index is 346. The molecule has 1 aromatic carbocycles. The summed E-state index contributed by atoms with van der Waals surface area (Å²) in [6, 6.07) is 8.21. The van der Waals surface area contributed by atoms with Crippen molar-refractivity contribution in [2.24, 2.45) is 5.14 Å². The third-order valence-electron chi connectivity index (χ3n) is 1.80. The van der Waals surface area contributed by atoms with E-state index in [1.54, 1.807) is 0 Å². The Morgan fingerprint density at radius 3 is 2.08 bits per heavy atom. The zero-order valence-electron chi connectivity index (χ0n) is 7.42.